The molecule has 1 aliphatic rings. The molecule has 6 nitrogen and oxygen atoms in total. The van der Waals surface area contributed by atoms with Crippen LogP contribution in [0.2, 0.25) is 5.15 Å². The van der Waals surface area contributed by atoms with Crippen LogP contribution < -0.4 is 0 Å². The van der Waals surface area contributed by atoms with Gasteiger partial charge in [-0.2, -0.15) is 5.26 Å². The maximum Gasteiger partial charge on any atom is 0.407 e. The van der Waals surface area contributed by atoms with Gasteiger partial charge in [-0.15, -0.1) is 0 Å². The Morgan fingerprint density at radius 3 is 2.78 bits per heavy atom. The third kappa shape index (κ3) is 3.34. The first kappa shape index (κ1) is 17.4. The van der Waals surface area contributed by atoms with E-state index in [1.165, 1.54) is 4.90 Å². The topological polar surface area (TPSA) is 82.2 Å². The molecule has 1 aliphatic heterocycles. The second kappa shape index (κ2) is 6.93. The summed E-state index contributed by atoms with van der Waals surface area (Å²) in [5, 5.41) is 18.5. The van der Waals surface area contributed by atoms with Gasteiger partial charge in [0.1, 0.15) is 5.15 Å². The highest BCUT2D eigenvalue weighted by Gasteiger charge is 2.26. The summed E-state index contributed by atoms with van der Waals surface area (Å²) in [5.41, 5.74) is 4.08. The van der Waals surface area contributed by atoms with Crippen LogP contribution in [0.1, 0.15) is 12.0 Å². The van der Waals surface area contributed by atoms with E-state index in [9.17, 15) is 4.79 Å². The Kier molecular flexibility index (Phi) is 4.46. The number of carboxylic acid groups (broad SMARTS) is 1. The third-order valence-electron chi connectivity index (χ3n) is 5.04. The van der Waals surface area contributed by atoms with Crippen molar-refractivity contribution in [2.45, 2.75) is 13.0 Å². The molecule has 0 bridgehead atoms. The quantitative estimate of drug-likeness (QED) is 0.689. The second-order valence-electron chi connectivity index (χ2n) is 6.77. The SMILES string of the molecule is N#Cc1ccc(-c2cc3c(ccn3C[C@@H]3CCN(C(=O)O)C3)nc2Cl)cc1. The van der Waals surface area contributed by atoms with E-state index in [4.69, 9.17) is 22.0 Å². The smallest absolute Gasteiger partial charge is 0.407 e. The highest BCUT2D eigenvalue weighted by Crippen LogP contribution is 2.31. The standard InChI is InChI=1S/C20H17ClN4O2/c21-19-16(15-3-1-13(10-22)2-4-15)9-18-17(23-19)6-8-24(18)11-14-5-7-25(12-14)20(26)27/h1-4,6,8-9,14H,5,7,11-12H2,(H,26,27)/t14-/m0/s1. The number of benzene rings is 1. The molecule has 0 aliphatic carbocycles. The highest BCUT2D eigenvalue weighted by atomic mass is 35.5. The zero-order chi connectivity index (χ0) is 19.0. The molecule has 136 valence electrons. The number of halogens is 1. The molecule has 0 spiro atoms. The van der Waals surface area contributed by atoms with Crippen LogP contribution in [-0.4, -0.2) is 38.7 Å². The second-order valence-corrected chi connectivity index (χ2v) is 7.13. The molecule has 3 heterocycles. The molecule has 3 aromatic rings. The molecule has 1 N–H and O–H groups in total. The summed E-state index contributed by atoms with van der Waals surface area (Å²) in [6.45, 7) is 1.88. The van der Waals surface area contributed by atoms with Gasteiger partial charge in [-0.1, -0.05) is 23.7 Å². The van der Waals surface area contributed by atoms with Gasteiger partial charge in [-0.05, 0) is 42.2 Å². The number of hydrogen-bond donors (Lipinski definition) is 1. The molecular formula is C20H17ClN4O2. The van der Waals surface area contributed by atoms with Crippen molar-refractivity contribution in [1.29, 1.82) is 5.26 Å². The van der Waals surface area contributed by atoms with E-state index in [1.807, 2.05) is 30.5 Å². The predicted molar refractivity (Wildman–Crippen MR) is 103 cm³/mol. The van der Waals surface area contributed by atoms with Crippen LogP contribution in [0, 0.1) is 17.2 Å². The van der Waals surface area contributed by atoms with Crippen LogP contribution in [0.4, 0.5) is 4.79 Å². The van der Waals surface area contributed by atoms with E-state index in [0.717, 1.165) is 35.1 Å². The van der Waals surface area contributed by atoms with Gasteiger partial charge >= 0.3 is 6.09 Å². The maximum absolute atomic E-state index is 11.1. The van der Waals surface area contributed by atoms with E-state index >= 15 is 0 Å². The summed E-state index contributed by atoms with van der Waals surface area (Å²) >= 11 is 6.39. The average molecular weight is 381 g/mol. The van der Waals surface area contributed by atoms with Crippen LogP contribution in [-0.2, 0) is 6.54 Å². The van der Waals surface area contributed by atoms with Gasteiger partial charge in [0.15, 0.2) is 0 Å². The predicted octanol–water partition coefficient (Wildman–Crippen LogP) is 4.23. The lowest BCUT2D eigenvalue weighted by Crippen LogP contribution is -2.27. The maximum atomic E-state index is 11.1. The normalized spacial score (nSPS) is 16.6. The van der Waals surface area contributed by atoms with Gasteiger partial charge in [0.25, 0.3) is 0 Å². The monoisotopic (exact) mass is 380 g/mol. The number of pyridine rings is 1. The van der Waals surface area contributed by atoms with Crippen molar-refractivity contribution in [3.05, 3.63) is 53.3 Å². The summed E-state index contributed by atoms with van der Waals surface area (Å²) < 4.78 is 2.11. The largest absolute Gasteiger partial charge is 0.465 e. The van der Waals surface area contributed by atoms with E-state index in [-0.39, 0.29) is 5.92 Å². The van der Waals surface area contributed by atoms with Crippen molar-refractivity contribution >= 4 is 28.7 Å². The summed E-state index contributed by atoms with van der Waals surface area (Å²) in [6.07, 6.45) is 1.97. The van der Waals surface area contributed by atoms with Crippen molar-refractivity contribution in [1.82, 2.24) is 14.5 Å². The Morgan fingerprint density at radius 2 is 2.11 bits per heavy atom. The lowest BCUT2D eigenvalue weighted by molar-refractivity contribution is 0.153. The van der Waals surface area contributed by atoms with Crippen LogP contribution in [0.15, 0.2) is 42.6 Å². The number of nitriles is 1. The molecular weight excluding hydrogens is 364 g/mol. The minimum absolute atomic E-state index is 0.283. The summed E-state index contributed by atoms with van der Waals surface area (Å²) in [7, 11) is 0. The highest BCUT2D eigenvalue weighted by molar-refractivity contribution is 6.32. The van der Waals surface area contributed by atoms with Crippen LogP contribution in [0.25, 0.3) is 22.2 Å². The molecule has 1 aromatic carbocycles. The van der Waals surface area contributed by atoms with E-state index in [0.29, 0.717) is 23.8 Å². The lowest BCUT2D eigenvalue weighted by atomic mass is 10.1. The van der Waals surface area contributed by atoms with Gasteiger partial charge in [0.05, 0.1) is 22.7 Å². The number of nitrogens with zero attached hydrogens (tertiary/aromatic N) is 4. The number of amides is 1. The Morgan fingerprint density at radius 1 is 1.33 bits per heavy atom. The van der Waals surface area contributed by atoms with Crippen molar-refractivity contribution < 1.29 is 9.90 Å². The fourth-order valence-corrected chi connectivity index (χ4v) is 3.86. The molecule has 2 aromatic heterocycles. The minimum atomic E-state index is -0.855. The summed E-state index contributed by atoms with van der Waals surface area (Å²) in [6, 6.07) is 13.3. The zero-order valence-electron chi connectivity index (χ0n) is 14.5. The molecule has 1 saturated heterocycles. The summed E-state index contributed by atoms with van der Waals surface area (Å²) in [4.78, 5) is 17.1. The van der Waals surface area contributed by atoms with Gasteiger partial charge < -0.3 is 14.6 Å². The van der Waals surface area contributed by atoms with Gasteiger partial charge in [0.2, 0.25) is 0 Å². The fourth-order valence-electron chi connectivity index (χ4n) is 3.61. The first-order valence-electron chi connectivity index (χ1n) is 8.69. The molecule has 1 amide bonds. The van der Waals surface area contributed by atoms with Gasteiger partial charge in [0, 0.05) is 31.4 Å². The first-order valence-corrected chi connectivity index (χ1v) is 9.07. The molecule has 0 unspecified atom stereocenters. The Labute approximate surface area is 161 Å². The average Bonchev–Trinajstić information content (AvgIpc) is 3.29. The molecule has 7 heteroatoms. The first-order chi connectivity index (χ1) is 13.0. The molecule has 1 fully saturated rings. The zero-order valence-corrected chi connectivity index (χ0v) is 15.2. The molecule has 1 atom stereocenters. The molecule has 0 saturated carbocycles. The van der Waals surface area contributed by atoms with Crippen LogP contribution in [0.5, 0.6) is 0 Å². The van der Waals surface area contributed by atoms with Crippen LogP contribution >= 0.6 is 11.6 Å². The molecule has 4 rings (SSSR count). The molecule has 0 radical (unpaired) electrons. The van der Waals surface area contributed by atoms with Crippen molar-refractivity contribution in [2.24, 2.45) is 5.92 Å². The minimum Gasteiger partial charge on any atom is -0.465 e. The fraction of sp³-hybridized carbons (Fsp3) is 0.250. The van der Waals surface area contributed by atoms with Gasteiger partial charge in [-0.25, -0.2) is 9.78 Å². The third-order valence-corrected chi connectivity index (χ3v) is 5.33. The Balaban J connectivity index is 1.65. The van der Waals surface area contributed by atoms with Crippen molar-refractivity contribution in [3.63, 3.8) is 0 Å². The van der Waals surface area contributed by atoms with Gasteiger partial charge in [-0.3, -0.25) is 0 Å². The lowest BCUT2D eigenvalue weighted by Gasteiger charge is -2.14. The Hall–Kier alpha value is -3.04. The number of fused-ring (bicyclic) bond motifs is 1. The summed E-state index contributed by atoms with van der Waals surface area (Å²) in [5.74, 6) is 0.283. The van der Waals surface area contributed by atoms with E-state index in [2.05, 4.69) is 15.6 Å². The Bertz CT molecular complexity index is 1050. The van der Waals surface area contributed by atoms with E-state index in [1.54, 1.807) is 12.1 Å². The van der Waals surface area contributed by atoms with E-state index < -0.39 is 6.09 Å². The number of carbonyl (C=O) groups is 1. The number of hydrogen-bond acceptors (Lipinski definition) is 3. The van der Waals surface area contributed by atoms with Crippen molar-refractivity contribution in [3.8, 4) is 17.2 Å². The molecule has 27 heavy (non-hydrogen) atoms. The van der Waals surface area contributed by atoms with Crippen LogP contribution in [0.3, 0.4) is 0 Å². The number of rotatable bonds is 3. The van der Waals surface area contributed by atoms with Crippen molar-refractivity contribution in [2.75, 3.05) is 13.1 Å². The number of aromatic nitrogens is 2. The number of likely N-dealkylation sites (tertiary alicyclic amines) is 1.